The molecule has 0 unspecified atom stereocenters. The van der Waals surface area contributed by atoms with Crippen LogP contribution in [0.4, 0.5) is 19.6 Å². The van der Waals surface area contributed by atoms with Crippen LogP contribution in [0.25, 0.3) is 10.2 Å². The van der Waals surface area contributed by atoms with E-state index in [1.807, 2.05) is 0 Å². The number of hydrogen-bond acceptors (Lipinski definition) is 3. The highest BCUT2D eigenvalue weighted by molar-refractivity contribution is 9.10. The van der Waals surface area contributed by atoms with Gasteiger partial charge in [-0.05, 0) is 46.3 Å². The van der Waals surface area contributed by atoms with Gasteiger partial charge in [-0.3, -0.25) is 0 Å². The first-order valence-electron chi connectivity index (χ1n) is 5.40. The monoisotopic (exact) mass is 340 g/mol. The van der Waals surface area contributed by atoms with Crippen molar-refractivity contribution < 1.29 is 8.78 Å². The molecule has 0 spiro atoms. The van der Waals surface area contributed by atoms with Crippen LogP contribution in [-0.2, 0) is 0 Å². The van der Waals surface area contributed by atoms with Gasteiger partial charge in [0, 0.05) is 4.47 Å². The number of nitrogens with zero attached hydrogens (tertiary/aromatic N) is 1. The number of anilines is 2. The van der Waals surface area contributed by atoms with Gasteiger partial charge in [-0.15, -0.1) is 0 Å². The van der Waals surface area contributed by atoms with E-state index in [4.69, 9.17) is 0 Å². The van der Waals surface area contributed by atoms with Crippen molar-refractivity contribution in [2.24, 2.45) is 0 Å². The van der Waals surface area contributed by atoms with Crippen LogP contribution in [0.15, 0.2) is 40.9 Å². The Bertz CT molecular complexity index is 737. The van der Waals surface area contributed by atoms with Gasteiger partial charge in [-0.1, -0.05) is 17.4 Å². The third-order valence-electron chi connectivity index (χ3n) is 2.55. The fraction of sp³-hybridized carbons (Fsp3) is 0. The van der Waals surface area contributed by atoms with Crippen molar-refractivity contribution in [3.63, 3.8) is 0 Å². The van der Waals surface area contributed by atoms with E-state index in [0.717, 1.165) is 4.70 Å². The number of aromatic nitrogens is 1. The lowest BCUT2D eigenvalue weighted by Crippen LogP contribution is -1.93. The normalized spacial score (nSPS) is 10.9. The number of thiazole rings is 1. The van der Waals surface area contributed by atoms with Crippen molar-refractivity contribution in [1.29, 1.82) is 0 Å². The number of rotatable bonds is 2. The third kappa shape index (κ3) is 2.46. The molecule has 2 nitrogen and oxygen atoms in total. The van der Waals surface area contributed by atoms with Crippen molar-refractivity contribution >= 4 is 48.3 Å². The SMILES string of the molecule is Fc1ccc2nc(Nc3c(F)cccc3Br)sc2c1. The van der Waals surface area contributed by atoms with Crippen molar-refractivity contribution in [3.8, 4) is 0 Å². The molecule has 3 rings (SSSR count). The molecule has 0 fully saturated rings. The predicted octanol–water partition coefficient (Wildman–Crippen LogP) is 5.08. The maximum absolute atomic E-state index is 13.7. The van der Waals surface area contributed by atoms with Crippen molar-refractivity contribution in [2.75, 3.05) is 5.32 Å². The molecule has 6 heteroatoms. The zero-order valence-corrected chi connectivity index (χ0v) is 11.9. The fourth-order valence-corrected chi connectivity index (χ4v) is 3.01. The van der Waals surface area contributed by atoms with Crippen molar-refractivity contribution in [1.82, 2.24) is 4.98 Å². The molecule has 0 bridgehead atoms. The van der Waals surface area contributed by atoms with Crippen LogP contribution in [-0.4, -0.2) is 4.98 Å². The summed E-state index contributed by atoms with van der Waals surface area (Å²) in [6.07, 6.45) is 0. The number of nitrogens with one attached hydrogen (secondary N) is 1. The highest BCUT2D eigenvalue weighted by atomic mass is 79.9. The molecule has 0 saturated heterocycles. The predicted molar refractivity (Wildman–Crippen MR) is 77.0 cm³/mol. The molecule has 19 heavy (non-hydrogen) atoms. The lowest BCUT2D eigenvalue weighted by atomic mass is 10.3. The Labute approximate surface area is 120 Å². The number of fused-ring (bicyclic) bond motifs is 1. The zero-order chi connectivity index (χ0) is 13.4. The Balaban J connectivity index is 2.01. The van der Waals surface area contributed by atoms with E-state index in [9.17, 15) is 8.78 Å². The average Bonchev–Trinajstić information content (AvgIpc) is 2.75. The maximum atomic E-state index is 13.7. The lowest BCUT2D eigenvalue weighted by molar-refractivity contribution is 0.630. The largest absolute Gasteiger partial charge is 0.328 e. The van der Waals surface area contributed by atoms with E-state index in [-0.39, 0.29) is 11.6 Å². The molecule has 3 aromatic rings. The summed E-state index contributed by atoms with van der Waals surface area (Å²) in [5.74, 6) is -0.686. The van der Waals surface area contributed by atoms with Crippen LogP contribution in [0.2, 0.25) is 0 Å². The molecule has 0 saturated carbocycles. The zero-order valence-electron chi connectivity index (χ0n) is 9.45. The standard InChI is InChI=1S/C13H7BrF2N2S/c14-8-2-1-3-9(16)12(8)18-13-17-10-5-4-7(15)6-11(10)19-13/h1-6H,(H,17,18). The van der Waals surface area contributed by atoms with Gasteiger partial charge in [-0.25, -0.2) is 13.8 Å². The smallest absolute Gasteiger partial charge is 0.188 e. The first-order chi connectivity index (χ1) is 9.13. The summed E-state index contributed by atoms with van der Waals surface area (Å²) in [7, 11) is 0. The van der Waals surface area contributed by atoms with Gasteiger partial charge in [0.1, 0.15) is 11.6 Å². The van der Waals surface area contributed by atoms with Gasteiger partial charge in [0.15, 0.2) is 5.13 Å². The molecule has 0 amide bonds. The summed E-state index contributed by atoms with van der Waals surface area (Å²) in [6, 6.07) is 9.07. The van der Waals surface area contributed by atoms with Crippen molar-refractivity contribution in [2.45, 2.75) is 0 Å². The van der Waals surface area contributed by atoms with Crippen LogP contribution in [0.3, 0.4) is 0 Å². The molecule has 0 aliphatic carbocycles. The minimum absolute atomic E-state index is 0.310. The minimum Gasteiger partial charge on any atom is -0.328 e. The molecule has 1 aromatic heterocycles. The summed E-state index contributed by atoms with van der Waals surface area (Å²) in [5.41, 5.74) is 1.00. The van der Waals surface area contributed by atoms with Gasteiger partial charge in [-0.2, -0.15) is 0 Å². The first kappa shape index (κ1) is 12.5. The highest BCUT2D eigenvalue weighted by Crippen LogP contribution is 2.32. The second-order valence-electron chi connectivity index (χ2n) is 3.85. The Morgan fingerprint density at radius 1 is 1.16 bits per heavy atom. The second-order valence-corrected chi connectivity index (χ2v) is 5.74. The minimum atomic E-state index is -0.375. The van der Waals surface area contributed by atoms with Crippen LogP contribution in [0.5, 0.6) is 0 Å². The van der Waals surface area contributed by atoms with E-state index in [0.29, 0.717) is 20.8 Å². The molecule has 96 valence electrons. The third-order valence-corrected chi connectivity index (χ3v) is 4.14. The van der Waals surface area contributed by atoms with E-state index in [1.54, 1.807) is 18.2 Å². The van der Waals surface area contributed by atoms with E-state index in [1.165, 1.54) is 29.5 Å². The maximum Gasteiger partial charge on any atom is 0.188 e. The number of hydrogen-bond donors (Lipinski definition) is 1. The molecular weight excluding hydrogens is 334 g/mol. The summed E-state index contributed by atoms with van der Waals surface area (Å²) in [4.78, 5) is 4.28. The van der Waals surface area contributed by atoms with Gasteiger partial charge in [0.05, 0.1) is 15.9 Å². The van der Waals surface area contributed by atoms with Crippen molar-refractivity contribution in [3.05, 3.63) is 52.5 Å². The van der Waals surface area contributed by atoms with Gasteiger partial charge < -0.3 is 5.32 Å². The van der Waals surface area contributed by atoms with Crippen LogP contribution in [0.1, 0.15) is 0 Å². The summed E-state index contributed by atoms with van der Waals surface area (Å²) in [5, 5.41) is 3.43. The van der Waals surface area contributed by atoms with E-state index < -0.39 is 0 Å². The number of para-hydroxylation sites is 1. The topological polar surface area (TPSA) is 24.9 Å². The average molecular weight is 341 g/mol. The molecule has 0 aliphatic heterocycles. The number of halogens is 3. The first-order valence-corrected chi connectivity index (χ1v) is 7.01. The quantitative estimate of drug-likeness (QED) is 0.703. The molecular formula is C13H7BrF2N2S. The molecule has 1 heterocycles. The molecule has 1 N–H and O–H groups in total. The van der Waals surface area contributed by atoms with Gasteiger partial charge >= 0.3 is 0 Å². The molecule has 0 radical (unpaired) electrons. The van der Waals surface area contributed by atoms with Crippen LogP contribution >= 0.6 is 27.3 Å². The summed E-state index contributed by atoms with van der Waals surface area (Å²) in [6.45, 7) is 0. The number of benzene rings is 2. The van der Waals surface area contributed by atoms with Crippen LogP contribution < -0.4 is 5.32 Å². The van der Waals surface area contributed by atoms with E-state index in [2.05, 4.69) is 26.2 Å². The Hall–Kier alpha value is -1.53. The molecule has 2 aromatic carbocycles. The molecule has 0 aliphatic rings. The van der Waals surface area contributed by atoms with Gasteiger partial charge in [0.25, 0.3) is 0 Å². The fourth-order valence-electron chi connectivity index (χ4n) is 1.68. The Kier molecular flexibility index (Phi) is 3.20. The Morgan fingerprint density at radius 2 is 2.00 bits per heavy atom. The highest BCUT2D eigenvalue weighted by Gasteiger charge is 2.10. The second kappa shape index (κ2) is 4.86. The summed E-state index contributed by atoms with van der Waals surface area (Å²) < 4.78 is 28.1. The van der Waals surface area contributed by atoms with Crippen LogP contribution in [0, 0.1) is 11.6 Å². The Morgan fingerprint density at radius 3 is 2.79 bits per heavy atom. The van der Waals surface area contributed by atoms with Gasteiger partial charge in [0.2, 0.25) is 0 Å². The molecule has 0 atom stereocenters. The van der Waals surface area contributed by atoms with E-state index >= 15 is 0 Å². The summed E-state index contributed by atoms with van der Waals surface area (Å²) >= 11 is 4.55. The lowest BCUT2D eigenvalue weighted by Gasteiger charge is -2.05.